The number of phenols is 1. The van der Waals surface area contributed by atoms with E-state index in [-0.39, 0.29) is 17.0 Å². The fraction of sp³-hybridized carbons (Fsp3) is 0.476. The van der Waals surface area contributed by atoms with Crippen LogP contribution in [0, 0.1) is 6.92 Å². The average molecular weight is 448 g/mol. The minimum atomic E-state index is -1.44. The highest BCUT2D eigenvalue weighted by Crippen LogP contribution is 2.40. The van der Waals surface area contributed by atoms with Gasteiger partial charge in [0.1, 0.15) is 18.0 Å². The number of hydrogen-bond acceptors (Lipinski definition) is 7. The molecule has 3 aromatic rings. The molecular formula is C21H23F2N5O2S. The molecule has 2 fully saturated rings. The van der Waals surface area contributed by atoms with E-state index in [4.69, 9.17) is 4.74 Å². The lowest BCUT2D eigenvalue weighted by Crippen LogP contribution is -2.63. The third-order valence-corrected chi connectivity index (χ3v) is 7.08. The maximum absolute atomic E-state index is 15.0. The molecule has 0 aliphatic carbocycles. The van der Waals surface area contributed by atoms with Crippen molar-refractivity contribution in [1.29, 1.82) is 0 Å². The molecule has 5 atom stereocenters. The highest BCUT2D eigenvalue weighted by molar-refractivity contribution is 7.16. The van der Waals surface area contributed by atoms with Gasteiger partial charge in [-0.15, -0.1) is 5.10 Å². The molecule has 2 aromatic heterocycles. The van der Waals surface area contributed by atoms with E-state index in [1.807, 2.05) is 30.2 Å². The Kier molecular flexibility index (Phi) is 5.13. The van der Waals surface area contributed by atoms with E-state index in [9.17, 15) is 9.50 Å². The van der Waals surface area contributed by atoms with Crippen LogP contribution in [0.15, 0.2) is 30.5 Å². The van der Waals surface area contributed by atoms with Gasteiger partial charge in [0.2, 0.25) is 0 Å². The second kappa shape index (κ2) is 7.83. The summed E-state index contributed by atoms with van der Waals surface area (Å²) in [5, 5.41) is 23.6. The fourth-order valence-electron chi connectivity index (χ4n) is 4.56. The Balaban J connectivity index is 1.34. The molecule has 1 N–H and O–H groups in total. The summed E-state index contributed by atoms with van der Waals surface area (Å²) in [6, 6.07) is 6.34. The van der Waals surface area contributed by atoms with Crippen LogP contribution in [0.5, 0.6) is 10.9 Å². The fourth-order valence-corrected chi connectivity index (χ4v) is 5.34. The van der Waals surface area contributed by atoms with Gasteiger partial charge in [0.05, 0.1) is 23.0 Å². The monoisotopic (exact) mass is 447 g/mol. The number of alkyl halides is 2. The van der Waals surface area contributed by atoms with E-state index < -0.39 is 24.5 Å². The summed E-state index contributed by atoms with van der Waals surface area (Å²) in [6.07, 6.45) is -0.00632. The van der Waals surface area contributed by atoms with E-state index in [1.54, 1.807) is 23.9 Å². The van der Waals surface area contributed by atoms with Crippen molar-refractivity contribution < 1.29 is 18.6 Å². The normalized spacial score (nSPS) is 28.6. The number of benzene rings is 1. The number of halogens is 2. The van der Waals surface area contributed by atoms with Crippen molar-refractivity contribution in [2.24, 2.45) is 0 Å². The van der Waals surface area contributed by atoms with Crippen molar-refractivity contribution >= 4 is 11.3 Å². The quantitative estimate of drug-likeness (QED) is 0.657. The number of aryl methyl sites for hydroxylation is 1. The lowest BCUT2D eigenvalue weighted by atomic mass is 9.81. The molecule has 2 aliphatic heterocycles. The standard InChI is InChI=1S/C21H23F2N5O2S/c1-11-7-8-28(26-11)13-3-5-14(16(29)9-13)20-24-25-21(31-20)30-17-10-12-4-6-15(22)19(18(17)23)27(12)2/h3,5,7-9,12,15,17-19,29H,4,6,10H2,1-2H3. The molecule has 0 spiro atoms. The van der Waals surface area contributed by atoms with Crippen molar-refractivity contribution in [2.75, 3.05) is 7.05 Å². The zero-order chi connectivity index (χ0) is 21.7. The summed E-state index contributed by atoms with van der Waals surface area (Å²) in [4.78, 5) is 1.81. The molecule has 2 aliphatic rings. The number of aromatic nitrogens is 4. The van der Waals surface area contributed by atoms with Gasteiger partial charge in [-0.2, -0.15) is 5.10 Å². The van der Waals surface area contributed by atoms with Gasteiger partial charge >= 0.3 is 0 Å². The largest absolute Gasteiger partial charge is 0.507 e. The zero-order valence-electron chi connectivity index (χ0n) is 17.2. The van der Waals surface area contributed by atoms with E-state index >= 15 is 4.39 Å². The van der Waals surface area contributed by atoms with Gasteiger partial charge in [-0.1, -0.05) is 16.4 Å². The number of hydrogen-bond donors (Lipinski definition) is 1. The van der Waals surface area contributed by atoms with Crippen molar-refractivity contribution in [3.8, 4) is 27.2 Å². The summed E-state index contributed by atoms with van der Waals surface area (Å²) in [5.74, 6) is 0.0332. The van der Waals surface area contributed by atoms with Gasteiger partial charge in [0.15, 0.2) is 11.2 Å². The predicted octanol–water partition coefficient (Wildman–Crippen LogP) is 3.69. The van der Waals surface area contributed by atoms with Crippen LogP contribution >= 0.6 is 11.3 Å². The Labute approximate surface area is 182 Å². The third-order valence-electron chi connectivity index (χ3n) is 6.24. The average Bonchev–Trinajstić information content (AvgIpc) is 3.37. The Morgan fingerprint density at radius 2 is 2.03 bits per heavy atom. The maximum Gasteiger partial charge on any atom is 0.294 e. The van der Waals surface area contributed by atoms with E-state index in [2.05, 4.69) is 15.3 Å². The first-order valence-corrected chi connectivity index (χ1v) is 11.1. The molecule has 2 bridgehead atoms. The van der Waals surface area contributed by atoms with Crippen LogP contribution in [-0.2, 0) is 0 Å². The molecule has 0 radical (unpaired) electrons. The Morgan fingerprint density at radius 1 is 1.19 bits per heavy atom. The molecule has 5 rings (SSSR count). The van der Waals surface area contributed by atoms with Gasteiger partial charge in [0.25, 0.3) is 5.19 Å². The molecule has 7 nitrogen and oxygen atoms in total. The molecule has 0 amide bonds. The van der Waals surface area contributed by atoms with Crippen LogP contribution in [0.25, 0.3) is 16.3 Å². The molecule has 164 valence electrons. The van der Waals surface area contributed by atoms with E-state index in [0.29, 0.717) is 35.5 Å². The van der Waals surface area contributed by atoms with Crippen molar-refractivity contribution in [3.63, 3.8) is 0 Å². The van der Waals surface area contributed by atoms with E-state index in [1.165, 1.54) is 0 Å². The molecule has 2 saturated heterocycles. The Morgan fingerprint density at radius 3 is 2.77 bits per heavy atom. The van der Waals surface area contributed by atoms with Crippen molar-refractivity contribution in [3.05, 3.63) is 36.2 Å². The topological polar surface area (TPSA) is 76.3 Å². The first-order valence-electron chi connectivity index (χ1n) is 10.3. The van der Waals surface area contributed by atoms with Crippen LogP contribution in [-0.4, -0.2) is 67.6 Å². The summed E-state index contributed by atoms with van der Waals surface area (Å²) in [5.41, 5.74) is 2.09. The smallest absolute Gasteiger partial charge is 0.294 e. The van der Waals surface area contributed by atoms with Crippen LogP contribution in [0.1, 0.15) is 25.0 Å². The zero-order valence-corrected chi connectivity index (χ0v) is 18.0. The highest BCUT2D eigenvalue weighted by Gasteiger charge is 2.50. The van der Waals surface area contributed by atoms with Gasteiger partial charge < -0.3 is 9.84 Å². The maximum atomic E-state index is 15.0. The summed E-state index contributed by atoms with van der Waals surface area (Å²) in [7, 11) is 1.78. The number of nitrogens with zero attached hydrogens (tertiary/aromatic N) is 5. The van der Waals surface area contributed by atoms with Gasteiger partial charge in [-0.3, -0.25) is 4.90 Å². The van der Waals surface area contributed by atoms with Gasteiger partial charge in [-0.25, -0.2) is 13.5 Å². The number of aromatic hydroxyl groups is 1. The van der Waals surface area contributed by atoms with Crippen LogP contribution < -0.4 is 4.74 Å². The number of fused-ring (bicyclic) bond motifs is 2. The third kappa shape index (κ3) is 3.67. The number of ether oxygens (including phenoxy) is 1. The second-order valence-corrected chi connectivity index (χ2v) is 9.16. The second-order valence-electron chi connectivity index (χ2n) is 8.22. The minimum Gasteiger partial charge on any atom is -0.507 e. The lowest BCUT2D eigenvalue weighted by Gasteiger charge is -2.49. The van der Waals surface area contributed by atoms with Crippen LogP contribution in [0.3, 0.4) is 0 Å². The van der Waals surface area contributed by atoms with Crippen LogP contribution in [0.2, 0.25) is 0 Å². The number of phenolic OH excluding ortho intramolecular Hbond substituents is 1. The van der Waals surface area contributed by atoms with E-state index in [0.717, 1.165) is 17.0 Å². The molecule has 4 heterocycles. The van der Waals surface area contributed by atoms with Crippen molar-refractivity contribution in [1.82, 2.24) is 24.9 Å². The summed E-state index contributed by atoms with van der Waals surface area (Å²) >= 11 is 1.13. The molecule has 0 saturated carbocycles. The Hall–Kier alpha value is -2.59. The van der Waals surface area contributed by atoms with Gasteiger partial charge in [-0.05, 0) is 45.0 Å². The first-order chi connectivity index (χ1) is 14.9. The molecule has 5 unspecified atom stereocenters. The number of rotatable bonds is 4. The molecule has 1 aromatic carbocycles. The molecular weight excluding hydrogens is 424 g/mol. The summed E-state index contributed by atoms with van der Waals surface area (Å²) in [6.45, 7) is 1.89. The lowest BCUT2D eigenvalue weighted by molar-refractivity contribution is -0.0928. The molecule has 10 heteroatoms. The first kappa shape index (κ1) is 20.3. The molecule has 31 heavy (non-hydrogen) atoms. The number of piperidine rings is 2. The Bertz CT molecular complexity index is 1090. The van der Waals surface area contributed by atoms with Crippen molar-refractivity contribution in [2.45, 2.75) is 56.7 Å². The SMILES string of the molecule is Cc1ccn(-c2ccc(-c3nnc(OC4CC5CCC(F)C(C4F)N5C)s3)c(O)c2)n1. The van der Waals surface area contributed by atoms with Gasteiger partial charge in [0, 0.05) is 24.7 Å². The summed E-state index contributed by atoms with van der Waals surface area (Å²) < 4.78 is 36.8. The predicted molar refractivity (Wildman–Crippen MR) is 112 cm³/mol. The highest BCUT2D eigenvalue weighted by atomic mass is 32.1. The minimum absolute atomic E-state index is 0.0332. The van der Waals surface area contributed by atoms with Crippen LogP contribution in [0.4, 0.5) is 8.78 Å².